The van der Waals surface area contributed by atoms with Crippen LogP contribution < -0.4 is 9.46 Å². The summed E-state index contributed by atoms with van der Waals surface area (Å²) < 4.78 is 33.9. The van der Waals surface area contributed by atoms with E-state index in [9.17, 15) is 8.42 Å². The Morgan fingerprint density at radius 1 is 0.846 bits per heavy atom. The van der Waals surface area contributed by atoms with Crippen LogP contribution in [0.1, 0.15) is 18.1 Å². The number of rotatable bonds is 6. The molecule has 0 fully saturated rings. The van der Waals surface area contributed by atoms with Crippen molar-refractivity contribution < 1.29 is 13.2 Å². The lowest BCUT2D eigenvalue weighted by Crippen LogP contribution is -2.15. The molecule has 0 bridgehead atoms. The van der Waals surface area contributed by atoms with E-state index in [2.05, 4.69) is 4.72 Å². The number of hydrogen-bond donors (Lipinski definition) is 1. The van der Waals surface area contributed by atoms with Crippen LogP contribution in [0.15, 0.2) is 77.7 Å². The summed E-state index contributed by atoms with van der Waals surface area (Å²) in [4.78, 5) is 0.197. The van der Waals surface area contributed by atoms with Crippen LogP contribution in [0.3, 0.4) is 0 Å². The van der Waals surface area contributed by atoms with Gasteiger partial charge in [0.05, 0.1) is 10.6 Å². The van der Waals surface area contributed by atoms with Crippen LogP contribution >= 0.6 is 0 Å². The lowest BCUT2D eigenvalue weighted by molar-refractivity contribution is 0.482. The van der Waals surface area contributed by atoms with Crippen molar-refractivity contribution in [2.45, 2.75) is 25.2 Å². The molecule has 0 aliphatic carbocycles. The van der Waals surface area contributed by atoms with Gasteiger partial charge in [-0.25, -0.2) is 8.42 Å². The third-order valence-corrected chi connectivity index (χ3v) is 5.45. The zero-order chi connectivity index (χ0) is 18.6. The normalized spacial score (nSPS) is 11.2. The fraction of sp³-hybridized carbons (Fsp3) is 0.143. The molecule has 0 aromatic heterocycles. The van der Waals surface area contributed by atoms with E-state index >= 15 is 0 Å². The van der Waals surface area contributed by atoms with E-state index < -0.39 is 10.0 Å². The first-order chi connectivity index (χ1) is 12.5. The molecule has 5 heteroatoms. The molecular weight excluding hydrogens is 346 g/mol. The van der Waals surface area contributed by atoms with Gasteiger partial charge in [0.2, 0.25) is 0 Å². The van der Waals surface area contributed by atoms with Gasteiger partial charge in [0.15, 0.2) is 0 Å². The minimum absolute atomic E-state index is 0.197. The molecule has 0 aliphatic rings. The fourth-order valence-electron chi connectivity index (χ4n) is 2.67. The van der Waals surface area contributed by atoms with Gasteiger partial charge in [-0.3, -0.25) is 4.72 Å². The zero-order valence-corrected chi connectivity index (χ0v) is 15.6. The molecule has 134 valence electrons. The van der Waals surface area contributed by atoms with Crippen LogP contribution in [0, 0.1) is 6.92 Å². The molecule has 0 spiro atoms. The van der Waals surface area contributed by atoms with Gasteiger partial charge in [-0.05, 0) is 60.9 Å². The number of anilines is 1. The smallest absolute Gasteiger partial charge is 0.261 e. The minimum atomic E-state index is -3.66. The second-order valence-electron chi connectivity index (χ2n) is 5.95. The highest BCUT2D eigenvalue weighted by molar-refractivity contribution is 7.92. The molecule has 0 atom stereocenters. The van der Waals surface area contributed by atoms with Crippen LogP contribution in [0.5, 0.6) is 11.5 Å². The molecule has 26 heavy (non-hydrogen) atoms. The summed E-state index contributed by atoms with van der Waals surface area (Å²) in [5.41, 5.74) is 2.52. The molecule has 1 N–H and O–H groups in total. The quantitative estimate of drug-likeness (QED) is 0.655. The van der Waals surface area contributed by atoms with Gasteiger partial charge in [0.1, 0.15) is 11.5 Å². The van der Waals surface area contributed by atoms with Gasteiger partial charge in [-0.1, -0.05) is 43.3 Å². The maximum absolute atomic E-state index is 12.7. The predicted octanol–water partition coefficient (Wildman–Crippen LogP) is 5.15. The van der Waals surface area contributed by atoms with Crippen molar-refractivity contribution in [3.63, 3.8) is 0 Å². The van der Waals surface area contributed by atoms with Crippen LogP contribution in [0.25, 0.3) is 0 Å². The monoisotopic (exact) mass is 367 g/mol. The van der Waals surface area contributed by atoms with E-state index in [0.29, 0.717) is 17.2 Å². The average Bonchev–Trinajstić information content (AvgIpc) is 2.64. The standard InChI is InChI=1S/C21H21NO3S/c1-3-17-9-7-8-16(2)21(17)22-26(23,24)20-14-12-19(13-15-20)25-18-10-5-4-6-11-18/h4-15,22H,3H2,1-2H3. The molecule has 0 unspecified atom stereocenters. The Morgan fingerprint density at radius 2 is 1.50 bits per heavy atom. The largest absolute Gasteiger partial charge is 0.457 e. The minimum Gasteiger partial charge on any atom is -0.457 e. The van der Waals surface area contributed by atoms with E-state index in [1.807, 2.05) is 62.4 Å². The highest BCUT2D eigenvalue weighted by Crippen LogP contribution is 2.26. The van der Waals surface area contributed by atoms with Gasteiger partial charge in [0.25, 0.3) is 10.0 Å². The third-order valence-electron chi connectivity index (χ3n) is 4.09. The van der Waals surface area contributed by atoms with Crippen molar-refractivity contribution >= 4 is 15.7 Å². The number of benzene rings is 3. The molecule has 4 nitrogen and oxygen atoms in total. The molecule has 0 saturated heterocycles. The predicted molar refractivity (Wildman–Crippen MR) is 104 cm³/mol. The van der Waals surface area contributed by atoms with Crippen molar-refractivity contribution in [3.05, 3.63) is 83.9 Å². The molecular formula is C21H21NO3S. The molecule has 0 aliphatic heterocycles. The van der Waals surface area contributed by atoms with Gasteiger partial charge in [-0.2, -0.15) is 0 Å². The van der Waals surface area contributed by atoms with Crippen molar-refractivity contribution in [2.75, 3.05) is 4.72 Å². The summed E-state index contributed by atoms with van der Waals surface area (Å²) in [6.45, 7) is 3.90. The van der Waals surface area contributed by atoms with Crippen LogP contribution in [0.2, 0.25) is 0 Å². The van der Waals surface area contributed by atoms with Crippen LogP contribution in [0.4, 0.5) is 5.69 Å². The Bertz CT molecular complexity index is 982. The molecule has 3 aromatic rings. The van der Waals surface area contributed by atoms with E-state index in [-0.39, 0.29) is 4.90 Å². The molecule has 0 saturated carbocycles. The molecule has 0 amide bonds. The van der Waals surface area contributed by atoms with Crippen LogP contribution in [-0.4, -0.2) is 8.42 Å². The second kappa shape index (κ2) is 7.62. The molecule has 3 aromatic carbocycles. The zero-order valence-electron chi connectivity index (χ0n) is 14.8. The topological polar surface area (TPSA) is 55.4 Å². The Labute approximate surface area is 154 Å². The van der Waals surface area contributed by atoms with E-state index in [1.54, 1.807) is 24.3 Å². The lowest BCUT2D eigenvalue weighted by atomic mass is 10.1. The van der Waals surface area contributed by atoms with E-state index in [1.165, 1.54) is 0 Å². The summed E-state index contributed by atoms with van der Waals surface area (Å²) in [5.74, 6) is 1.29. The third kappa shape index (κ3) is 4.06. The average molecular weight is 367 g/mol. The van der Waals surface area contributed by atoms with Crippen molar-refractivity contribution in [1.82, 2.24) is 0 Å². The van der Waals surface area contributed by atoms with E-state index in [4.69, 9.17) is 4.74 Å². The Morgan fingerprint density at radius 3 is 2.15 bits per heavy atom. The summed E-state index contributed by atoms with van der Waals surface area (Å²) in [6, 6.07) is 21.5. The van der Waals surface area contributed by atoms with E-state index in [0.717, 1.165) is 17.5 Å². The molecule has 0 heterocycles. The number of hydrogen-bond acceptors (Lipinski definition) is 3. The van der Waals surface area contributed by atoms with Gasteiger partial charge >= 0.3 is 0 Å². The summed E-state index contributed by atoms with van der Waals surface area (Å²) in [5, 5.41) is 0. The highest BCUT2D eigenvalue weighted by atomic mass is 32.2. The Hall–Kier alpha value is -2.79. The maximum atomic E-state index is 12.7. The highest BCUT2D eigenvalue weighted by Gasteiger charge is 2.17. The number of nitrogens with one attached hydrogen (secondary N) is 1. The number of sulfonamides is 1. The first-order valence-corrected chi connectivity index (χ1v) is 9.92. The number of para-hydroxylation sites is 2. The van der Waals surface area contributed by atoms with Crippen molar-refractivity contribution in [3.8, 4) is 11.5 Å². The SMILES string of the molecule is CCc1cccc(C)c1NS(=O)(=O)c1ccc(Oc2ccccc2)cc1. The van der Waals surface area contributed by atoms with Crippen molar-refractivity contribution in [1.29, 1.82) is 0 Å². The van der Waals surface area contributed by atoms with Gasteiger partial charge in [0, 0.05) is 0 Å². The number of ether oxygens (including phenoxy) is 1. The molecule has 3 rings (SSSR count). The summed E-state index contributed by atoms with van der Waals surface area (Å²) in [6.07, 6.45) is 0.753. The first kappa shape index (κ1) is 18.0. The second-order valence-corrected chi connectivity index (χ2v) is 7.64. The van der Waals surface area contributed by atoms with Crippen molar-refractivity contribution in [2.24, 2.45) is 0 Å². The Kier molecular flexibility index (Phi) is 5.28. The van der Waals surface area contributed by atoms with Crippen LogP contribution in [-0.2, 0) is 16.4 Å². The Balaban J connectivity index is 1.82. The van der Waals surface area contributed by atoms with Gasteiger partial charge < -0.3 is 4.74 Å². The molecule has 0 radical (unpaired) electrons. The number of aryl methyl sites for hydroxylation is 2. The first-order valence-electron chi connectivity index (χ1n) is 8.44. The fourth-order valence-corrected chi connectivity index (χ4v) is 3.85. The summed E-state index contributed by atoms with van der Waals surface area (Å²) in [7, 11) is -3.66. The summed E-state index contributed by atoms with van der Waals surface area (Å²) >= 11 is 0. The lowest BCUT2D eigenvalue weighted by Gasteiger charge is -2.14. The maximum Gasteiger partial charge on any atom is 0.261 e. The van der Waals surface area contributed by atoms with Gasteiger partial charge in [-0.15, -0.1) is 0 Å².